The van der Waals surface area contributed by atoms with Crippen molar-refractivity contribution in [1.82, 2.24) is 0 Å². The highest BCUT2D eigenvalue weighted by atomic mass is 79.9. The van der Waals surface area contributed by atoms with E-state index >= 15 is 0 Å². The Morgan fingerprint density at radius 2 is 1.53 bits per heavy atom. The van der Waals surface area contributed by atoms with E-state index in [0.717, 1.165) is 30.2 Å². The fourth-order valence-corrected chi connectivity index (χ4v) is 4.10. The third kappa shape index (κ3) is 6.15. The first-order valence-corrected chi connectivity index (χ1v) is 11.9. The predicted octanol–water partition coefficient (Wildman–Crippen LogP) is 5.11. The van der Waals surface area contributed by atoms with Gasteiger partial charge in [0.05, 0.1) is 11.6 Å². The Morgan fingerprint density at radius 1 is 0.853 bits per heavy atom. The molecule has 1 fully saturated rings. The van der Waals surface area contributed by atoms with E-state index in [0.29, 0.717) is 40.0 Å². The molecule has 8 heteroatoms. The molecule has 0 unspecified atom stereocenters. The molecule has 7 nitrogen and oxygen atoms in total. The summed E-state index contributed by atoms with van der Waals surface area (Å²) >= 11 is 3.44. The molecule has 0 heterocycles. The van der Waals surface area contributed by atoms with E-state index in [-0.39, 0.29) is 12.1 Å². The molecule has 0 aliphatic heterocycles. The van der Waals surface area contributed by atoms with Crippen LogP contribution in [-0.4, -0.2) is 23.8 Å². The molecule has 1 aliphatic rings. The molecule has 0 atom stereocenters. The molecule has 0 saturated heterocycles. The first kappa shape index (κ1) is 23.8. The smallest absolute Gasteiger partial charge is 0.248 e. The Labute approximate surface area is 207 Å². The van der Waals surface area contributed by atoms with Crippen LogP contribution in [0.25, 0.3) is 0 Å². The van der Waals surface area contributed by atoms with Gasteiger partial charge in [-0.25, -0.2) is 0 Å². The zero-order valence-electron chi connectivity index (χ0n) is 18.6. The molecule has 3 aromatic rings. The number of nitrogens with zero attached hydrogens (tertiary/aromatic N) is 1. The van der Waals surface area contributed by atoms with Gasteiger partial charge in [0.2, 0.25) is 5.91 Å². The molecule has 1 saturated carbocycles. The van der Waals surface area contributed by atoms with Crippen LogP contribution < -0.4 is 26.7 Å². The van der Waals surface area contributed by atoms with Gasteiger partial charge < -0.3 is 26.7 Å². The second-order valence-corrected chi connectivity index (χ2v) is 9.21. The summed E-state index contributed by atoms with van der Waals surface area (Å²) in [4.78, 5) is 16.3. The third-order valence-electron chi connectivity index (χ3n) is 5.69. The number of rotatable bonds is 7. The third-order valence-corrected chi connectivity index (χ3v) is 6.22. The lowest BCUT2D eigenvalue weighted by atomic mass is 9.92. The standard InChI is InChI=1S/C26H27BrN4O3/c27-17-4-10-20(11-5-17)34-24-15-22(33-21-3-1-2-16(14-21)26(30)32)12-13-23(24)25(29)31-19-8-6-18(28)7-9-19/h1-5,10-15,18-19H,6-9,28H2,(H2,29,31)(H2,30,32). The highest BCUT2D eigenvalue weighted by Crippen LogP contribution is 2.33. The number of nitrogens with two attached hydrogens (primary N) is 3. The average Bonchev–Trinajstić information content (AvgIpc) is 2.82. The van der Waals surface area contributed by atoms with Crippen LogP contribution in [0.2, 0.25) is 0 Å². The number of primary amides is 1. The van der Waals surface area contributed by atoms with Gasteiger partial charge in [0.1, 0.15) is 28.8 Å². The topological polar surface area (TPSA) is 126 Å². The quantitative estimate of drug-likeness (QED) is 0.293. The van der Waals surface area contributed by atoms with Gasteiger partial charge in [-0.3, -0.25) is 9.79 Å². The minimum Gasteiger partial charge on any atom is -0.457 e. The Kier molecular flexibility index (Phi) is 7.49. The van der Waals surface area contributed by atoms with Crippen molar-refractivity contribution in [1.29, 1.82) is 0 Å². The van der Waals surface area contributed by atoms with E-state index in [1.807, 2.05) is 30.3 Å². The number of carbonyl (C=O) groups excluding carboxylic acids is 1. The molecule has 0 bridgehead atoms. The summed E-state index contributed by atoms with van der Waals surface area (Å²) in [5.74, 6) is 2.06. The van der Waals surface area contributed by atoms with Crippen LogP contribution in [0.1, 0.15) is 41.6 Å². The summed E-state index contributed by atoms with van der Waals surface area (Å²) in [6, 6.07) is 20.0. The normalized spacial score (nSPS) is 18.4. The van der Waals surface area contributed by atoms with Crippen LogP contribution in [0.5, 0.6) is 23.0 Å². The lowest BCUT2D eigenvalue weighted by molar-refractivity contribution is 0.1000. The van der Waals surface area contributed by atoms with Crippen molar-refractivity contribution in [2.75, 3.05) is 0 Å². The number of amidine groups is 1. The van der Waals surface area contributed by atoms with Gasteiger partial charge >= 0.3 is 0 Å². The summed E-state index contributed by atoms with van der Waals surface area (Å²) < 4.78 is 13.1. The molecule has 0 aromatic heterocycles. The SMILES string of the molecule is NC(=O)c1cccc(Oc2ccc(C(N)=NC3CCC(N)CC3)c(Oc3ccc(Br)cc3)c2)c1. The van der Waals surface area contributed by atoms with Crippen molar-refractivity contribution in [3.05, 3.63) is 82.3 Å². The van der Waals surface area contributed by atoms with Crippen molar-refractivity contribution in [3.8, 4) is 23.0 Å². The largest absolute Gasteiger partial charge is 0.457 e. The second-order valence-electron chi connectivity index (χ2n) is 8.29. The maximum absolute atomic E-state index is 11.5. The molecule has 0 radical (unpaired) electrons. The molecule has 34 heavy (non-hydrogen) atoms. The number of hydrogen-bond acceptors (Lipinski definition) is 5. The average molecular weight is 523 g/mol. The van der Waals surface area contributed by atoms with Gasteiger partial charge in [0.25, 0.3) is 0 Å². The van der Waals surface area contributed by atoms with Crippen LogP contribution in [0, 0.1) is 0 Å². The van der Waals surface area contributed by atoms with Crippen molar-refractivity contribution in [2.45, 2.75) is 37.8 Å². The van der Waals surface area contributed by atoms with Crippen LogP contribution in [-0.2, 0) is 0 Å². The predicted molar refractivity (Wildman–Crippen MR) is 137 cm³/mol. The summed E-state index contributed by atoms with van der Waals surface area (Å²) in [5, 5.41) is 0. The first-order valence-electron chi connectivity index (χ1n) is 11.1. The zero-order chi connectivity index (χ0) is 24.1. The highest BCUT2D eigenvalue weighted by Gasteiger charge is 2.19. The molecule has 1 aliphatic carbocycles. The second kappa shape index (κ2) is 10.7. The van der Waals surface area contributed by atoms with Gasteiger partial charge in [-0.1, -0.05) is 22.0 Å². The van der Waals surface area contributed by atoms with Crippen molar-refractivity contribution >= 4 is 27.7 Å². The first-order chi connectivity index (χ1) is 16.4. The van der Waals surface area contributed by atoms with E-state index in [1.54, 1.807) is 36.4 Å². The number of aliphatic imine (C=N–C) groups is 1. The van der Waals surface area contributed by atoms with Crippen LogP contribution >= 0.6 is 15.9 Å². The highest BCUT2D eigenvalue weighted by molar-refractivity contribution is 9.10. The van der Waals surface area contributed by atoms with E-state index in [1.165, 1.54) is 0 Å². The summed E-state index contributed by atoms with van der Waals surface area (Å²) in [6.07, 6.45) is 3.73. The fraction of sp³-hybridized carbons (Fsp3) is 0.231. The van der Waals surface area contributed by atoms with Crippen molar-refractivity contribution in [3.63, 3.8) is 0 Å². The lowest BCUT2D eigenvalue weighted by Crippen LogP contribution is -2.29. The number of amides is 1. The monoisotopic (exact) mass is 522 g/mol. The van der Waals surface area contributed by atoms with E-state index in [2.05, 4.69) is 15.9 Å². The molecular weight excluding hydrogens is 496 g/mol. The maximum Gasteiger partial charge on any atom is 0.248 e. The minimum absolute atomic E-state index is 0.146. The Hall–Kier alpha value is -3.36. The van der Waals surface area contributed by atoms with Crippen molar-refractivity contribution in [2.24, 2.45) is 22.2 Å². The fourth-order valence-electron chi connectivity index (χ4n) is 3.84. The van der Waals surface area contributed by atoms with E-state index in [9.17, 15) is 4.79 Å². The summed E-state index contributed by atoms with van der Waals surface area (Å²) in [7, 11) is 0. The number of hydrogen-bond donors (Lipinski definition) is 3. The summed E-state index contributed by atoms with van der Waals surface area (Å²) in [6.45, 7) is 0. The zero-order valence-corrected chi connectivity index (χ0v) is 20.2. The molecule has 3 aromatic carbocycles. The summed E-state index contributed by atoms with van der Waals surface area (Å²) in [5.41, 5.74) is 18.9. The van der Waals surface area contributed by atoms with Gasteiger partial charge in [-0.05, 0) is 80.3 Å². The van der Waals surface area contributed by atoms with E-state index < -0.39 is 5.91 Å². The Balaban J connectivity index is 1.64. The van der Waals surface area contributed by atoms with E-state index in [4.69, 9.17) is 31.7 Å². The molecule has 4 rings (SSSR count). The van der Waals surface area contributed by atoms with Gasteiger partial charge in [0, 0.05) is 22.1 Å². The minimum atomic E-state index is -0.521. The van der Waals surface area contributed by atoms with Gasteiger partial charge in [0.15, 0.2) is 0 Å². The molecule has 6 N–H and O–H groups in total. The van der Waals surface area contributed by atoms with Crippen LogP contribution in [0.4, 0.5) is 0 Å². The Bertz CT molecular complexity index is 1190. The number of halogens is 1. The van der Waals surface area contributed by atoms with Crippen LogP contribution in [0.3, 0.4) is 0 Å². The molecule has 176 valence electrons. The van der Waals surface area contributed by atoms with Gasteiger partial charge in [-0.2, -0.15) is 0 Å². The van der Waals surface area contributed by atoms with Gasteiger partial charge in [-0.15, -0.1) is 0 Å². The number of carbonyl (C=O) groups is 1. The van der Waals surface area contributed by atoms with Crippen LogP contribution in [0.15, 0.2) is 76.2 Å². The lowest BCUT2D eigenvalue weighted by Gasteiger charge is -2.23. The Morgan fingerprint density at radius 3 is 2.24 bits per heavy atom. The molecule has 1 amide bonds. The molecule has 0 spiro atoms. The van der Waals surface area contributed by atoms with Crippen molar-refractivity contribution < 1.29 is 14.3 Å². The number of benzene rings is 3. The maximum atomic E-state index is 11.5. The number of ether oxygens (including phenoxy) is 2. The molecular formula is C26H27BrN4O3.